The third kappa shape index (κ3) is 2.23. The molecule has 0 unspecified atom stereocenters. The lowest BCUT2D eigenvalue weighted by Crippen LogP contribution is -1.92. The highest BCUT2D eigenvalue weighted by Crippen LogP contribution is 2.20. The highest BCUT2D eigenvalue weighted by molar-refractivity contribution is 14.1. The lowest BCUT2D eigenvalue weighted by atomic mass is 10.3. The highest BCUT2D eigenvalue weighted by atomic mass is 127. The topological polar surface area (TPSA) is 39.4 Å². The molecule has 2 heterocycles. The molecule has 3 rings (SSSR count). The summed E-state index contributed by atoms with van der Waals surface area (Å²) in [6.07, 6.45) is 3.53. The quantitative estimate of drug-likeness (QED) is 0.675. The molecule has 0 aliphatic carbocycles. The molecular weight excluding hydrogens is 329 g/mol. The first-order valence-electron chi connectivity index (χ1n) is 5.05. The van der Waals surface area contributed by atoms with Crippen molar-refractivity contribution in [1.82, 2.24) is 14.6 Å². The van der Waals surface area contributed by atoms with Crippen LogP contribution >= 0.6 is 22.6 Å². The number of aromatic nitrogens is 3. The van der Waals surface area contributed by atoms with Gasteiger partial charge in [-0.25, -0.2) is 4.52 Å². The van der Waals surface area contributed by atoms with Gasteiger partial charge in [-0.15, -0.1) is 0 Å². The molecule has 0 saturated carbocycles. The third-order valence-corrected chi connectivity index (χ3v) is 2.99. The van der Waals surface area contributed by atoms with Crippen LogP contribution < -0.4 is 4.74 Å². The number of halogens is 1. The van der Waals surface area contributed by atoms with Gasteiger partial charge in [0.2, 0.25) is 5.88 Å². The molecule has 2 aromatic heterocycles. The van der Waals surface area contributed by atoms with E-state index in [9.17, 15) is 0 Å². The van der Waals surface area contributed by atoms with Crippen LogP contribution in [0.2, 0.25) is 0 Å². The summed E-state index contributed by atoms with van der Waals surface area (Å²) in [5.74, 6) is 1.35. The molecule has 0 fully saturated rings. The molecule has 0 amide bonds. The van der Waals surface area contributed by atoms with Crippen molar-refractivity contribution in [1.29, 1.82) is 0 Å². The second-order valence-corrected chi connectivity index (χ2v) is 4.70. The molecule has 3 aromatic rings. The number of ether oxygens (including phenoxy) is 1. The van der Waals surface area contributed by atoms with Crippen LogP contribution in [0.3, 0.4) is 0 Å². The summed E-state index contributed by atoms with van der Waals surface area (Å²) >= 11 is 2.26. The van der Waals surface area contributed by atoms with Gasteiger partial charge in [0.1, 0.15) is 5.75 Å². The van der Waals surface area contributed by atoms with Gasteiger partial charge in [0.25, 0.3) is 0 Å². The lowest BCUT2D eigenvalue weighted by Gasteiger charge is -2.04. The lowest BCUT2D eigenvalue weighted by molar-refractivity contribution is 0.463. The SMILES string of the molecule is Ic1ccc(Oc2ccn3nccc3n2)cc1. The second kappa shape index (κ2) is 4.33. The minimum Gasteiger partial charge on any atom is -0.439 e. The van der Waals surface area contributed by atoms with E-state index in [1.807, 2.05) is 36.5 Å². The standard InChI is InChI=1S/C12H8IN3O/c13-9-1-3-10(4-2-9)17-12-6-8-16-11(15-12)5-7-14-16/h1-8H. The van der Waals surface area contributed by atoms with Crippen molar-refractivity contribution in [2.75, 3.05) is 0 Å². The number of nitrogens with zero attached hydrogens (tertiary/aromatic N) is 3. The van der Waals surface area contributed by atoms with Crippen LogP contribution in [0.5, 0.6) is 11.6 Å². The van der Waals surface area contributed by atoms with Gasteiger partial charge in [0, 0.05) is 21.9 Å². The molecule has 0 aliphatic heterocycles. The van der Waals surface area contributed by atoms with Crippen molar-refractivity contribution in [3.63, 3.8) is 0 Å². The van der Waals surface area contributed by atoms with Crippen LogP contribution in [0.15, 0.2) is 48.8 Å². The Morgan fingerprint density at radius 3 is 2.71 bits per heavy atom. The molecule has 0 saturated heterocycles. The molecule has 0 radical (unpaired) electrons. The van der Waals surface area contributed by atoms with Gasteiger partial charge >= 0.3 is 0 Å². The van der Waals surface area contributed by atoms with E-state index in [2.05, 4.69) is 32.7 Å². The van der Waals surface area contributed by atoms with Crippen LogP contribution in [0.1, 0.15) is 0 Å². The molecule has 0 bridgehead atoms. The molecule has 0 atom stereocenters. The molecule has 0 spiro atoms. The van der Waals surface area contributed by atoms with Crippen LogP contribution in [0, 0.1) is 3.57 Å². The van der Waals surface area contributed by atoms with Crippen LogP contribution in [-0.2, 0) is 0 Å². The van der Waals surface area contributed by atoms with Crippen molar-refractivity contribution in [2.24, 2.45) is 0 Å². The number of hydrogen-bond donors (Lipinski definition) is 0. The summed E-state index contributed by atoms with van der Waals surface area (Å²) < 4.78 is 8.53. The minimum absolute atomic E-state index is 0.569. The van der Waals surface area contributed by atoms with Crippen molar-refractivity contribution >= 4 is 28.2 Å². The van der Waals surface area contributed by atoms with E-state index in [1.54, 1.807) is 16.8 Å². The minimum atomic E-state index is 0.569. The van der Waals surface area contributed by atoms with Crippen LogP contribution in [-0.4, -0.2) is 14.6 Å². The van der Waals surface area contributed by atoms with Gasteiger partial charge < -0.3 is 4.74 Å². The zero-order valence-electron chi connectivity index (χ0n) is 8.75. The van der Waals surface area contributed by atoms with Gasteiger partial charge in [0.15, 0.2) is 5.65 Å². The van der Waals surface area contributed by atoms with Gasteiger partial charge in [-0.05, 0) is 46.9 Å². The number of rotatable bonds is 2. The molecule has 0 N–H and O–H groups in total. The van der Waals surface area contributed by atoms with E-state index in [4.69, 9.17) is 4.74 Å². The first-order chi connectivity index (χ1) is 8.31. The molecule has 1 aromatic carbocycles. The number of fused-ring (bicyclic) bond motifs is 1. The summed E-state index contributed by atoms with van der Waals surface area (Å²) in [7, 11) is 0. The molecule has 0 aliphatic rings. The van der Waals surface area contributed by atoms with E-state index in [-0.39, 0.29) is 0 Å². The Balaban J connectivity index is 1.91. The van der Waals surface area contributed by atoms with E-state index in [0.29, 0.717) is 5.88 Å². The third-order valence-electron chi connectivity index (χ3n) is 2.27. The first kappa shape index (κ1) is 10.5. The van der Waals surface area contributed by atoms with Crippen LogP contribution in [0.25, 0.3) is 5.65 Å². The van der Waals surface area contributed by atoms with E-state index in [0.717, 1.165) is 11.4 Å². The van der Waals surface area contributed by atoms with E-state index >= 15 is 0 Å². The Hall–Kier alpha value is -1.63. The Morgan fingerprint density at radius 1 is 1.06 bits per heavy atom. The van der Waals surface area contributed by atoms with Crippen molar-refractivity contribution in [3.05, 3.63) is 52.4 Å². The Bertz CT molecular complexity index is 648. The summed E-state index contributed by atoms with van der Waals surface area (Å²) in [5, 5.41) is 4.08. The molecule has 4 nitrogen and oxygen atoms in total. The van der Waals surface area contributed by atoms with E-state index < -0.39 is 0 Å². The molecule has 5 heteroatoms. The average Bonchev–Trinajstić information content (AvgIpc) is 2.79. The van der Waals surface area contributed by atoms with Crippen molar-refractivity contribution in [2.45, 2.75) is 0 Å². The zero-order chi connectivity index (χ0) is 11.7. The monoisotopic (exact) mass is 337 g/mol. The zero-order valence-corrected chi connectivity index (χ0v) is 10.9. The van der Waals surface area contributed by atoms with Gasteiger partial charge in [-0.1, -0.05) is 0 Å². The largest absolute Gasteiger partial charge is 0.439 e. The molecular formula is C12H8IN3O. The Labute approximate surface area is 111 Å². The van der Waals surface area contributed by atoms with Crippen LogP contribution in [0.4, 0.5) is 0 Å². The number of hydrogen-bond acceptors (Lipinski definition) is 3. The second-order valence-electron chi connectivity index (χ2n) is 3.46. The average molecular weight is 337 g/mol. The van der Waals surface area contributed by atoms with Gasteiger partial charge in [-0.2, -0.15) is 10.1 Å². The van der Waals surface area contributed by atoms with E-state index in [1.165, 1.54) is 3.57 Å². The Morgan fingerprint density at radius 2 is 1.88 bits per heavy atom. The highest BCUT2D eigenvalue weighted by Gasteiger charge is 2.01. The summed E-state index contributed by atoms with van der Waals surface area (Å²) in [4.78, 5) is 4.33. The van der Waals surface area contributed by atoms with Crippen molar-refractivity contribution in [3.8, 4) is 11.6 Å². The summed E-state index contributed by atoms with van der Waals surface area (Å²) in [6, 6.07) is 11.5. The predicted octanol–water partition coefficient (Wildman–Crippen LogP) is 3.13. The maximum absolute atomic E-state index is 5.66. The maximum atomic E-state index is 5.66. The van der Waals surface area contributed by atoms with Gasteiger partial charge in [-0.3, -0.25) is 0 Å². The maximum Gasteiger partial charge on any atom is 0.222 e. The first-order valence-corrected chi connectivity index (χ1v) is 6.13. The smallest absolute Gasteiger partial charge is 0.222 e. The fraction of sp³-hybridized carbons (Fsp3) is 0. The summed E-state index contributed by atoms with van der Waals surface area (Å²) in [5.41, 5.74) is 0.771. The summed E-state index contributed by atoms with van der Waals surface area (Å²) in [6.45, 7) is 0. The normalized spacial score (nSPS) is 10.6. The fourth-order valence-corrected chi connectivity index (χ4v) is 1.84. The molecule has 84 valence electrons. The Kier molecular flexibility index (Phi) is 2.68. The predicted molar refractivity (Wildman–Crippen MR) is 72.2 cm³/mol. The molecule has 17 heavy (non-hydrogen) atoms. The fourth-order valence-electron chi connectivity index (χ4n) is 1.48. The number of benzene rings is 1. The van der Waals surface area contributed by atoms with Gasteiger partial charge in [0.05, 0.1) is 6.20 Å². The van der Waals surface area contributed by atoms with Crippen molar-refractivity contribution < 1.29 is 4.74 Å².